The number of allylic oxidation sites excluding steroid dienone is 1. The van der Waals surface area contributed by atoms with Gasteiger partial charge in [-0.2, -0.15) is 0 Å². The molecule has 0 heterocycles. The van der Waals surface area contributed by atoms with Crippen molar-refractivity contribution in [3.8, 4) is 0 Å². The molecule has 92 valence electrons. The number of carbonyl (C=O) groups is 2. The van der Waals surface area contributed by atoms with Crippen LogP contribution in [0.2, 0.25) is 0 Å². The fourth-order valence-corrected chi connectivity index (χ4v) is 1.34. The highest BCUT2D eigenvalue weighted by Gasteiger charge is 2.22. The van der Waals surface area contributed by atoms with Crippen molar-refractivity contribution in [3.63, 3.8) is 0 Å². The van der Waals surface area contributed by atoms with Gasteiger partial charge in [0.25, 0.3) is 0 Å². The summed E-state index contributed by atoms with van der Waals surface area (Å²) in [6.07, 6.45) is 1.43. The summed E-state index contributed by atoms with van der Waals surface area (Å²) in [4.78, 5) is 23.3. The molecule has 0 atom stereocenters. The van der Waals surface area contributed by atoms with Crippen molar-refractivity contribution in [3.05, 3.63) is 11.6 Å². The Hall–Kier alpha value is -0.640. The van der Waals surface area contributed by atoms with E-state index in [0.717, 1.165) is 0 Å². The maximum absolute atomic E-state index is 11.7. The molecule has 0 rings (SSSR count). The molecule has 0 saturated carbocycles. The van der Waals surface area contributed by atoms with Crippen LogP contribution in [-0.2, 0) is 14.3 Å². The Labute approximate surface area is 105 Å². The van der Waals surface area contributed by atoms with Crippen LogP contribution >= 0.6 is 15.9 Å². The van der Waals surface area contributed by atoms with Gasteiger partial charge in [0.1, 0.15) is 5.57 Å². The quantitative estimate of drug-likeness (QED) is 0.263. The van der Waals surface area contributed by atoms with E-state index < -0.39 is 5.97 Å². The fraction of sp³-hybridized carbons (Fsp3) is 0.667. The minimum Gasteiger partial charge on any atom is -0.459 e. The van der Waals surface area contributed by atoms with Crippen molar-refractivity contribution in [2.45, 2.75) is 40.7 Å². The summed E-state index contributed by atoms with van der Waals surface area (Å²) in [6.45, 7) is 9.29. The summed E-state index contributed by atoms with van der Waals surface area (Å²) < 4.78 is 5.03. The number of esters is 1. The Morgan fingerprint density at radius 3 is 2.12 bits per heavy atom. The number of Topliss-reactive ketones (excluding diaryl/α,β-unsaturated/α-hetero) is 1. The summed E-state index contributed by atoms with van der Waals surface area (Å²) in [7, 11) is 0. The first kappa shape index (κ1) is 15.4. The number of ether oxygens (including phenoxy) is 1. The monoisotopic (exact) mass is 290 g/mol. The van der Waals surface area contributed by atoms with Gasteiger partial charge in [-0.25, -0.2) is 4.79 Å². The van der Waals surface area contributed by atoms with Crippen LogP contribution in [0.25, 0.3) is 0 Å². The molecule has 0 radical (unpaired) electrons. The third-order valence-electron chi connectivity index (χ3n) is 1.56. The van der Waals surface area contributed by atoms with Crippen LogP contribution in [0.15, 0.2) is 11.6 Å². The number of halogens is 1. The third-order valence-corrected chi connectivity index (χ3v) is 2.07. The zero-order valence-corrected chi connectivity index (χ0v) is 12.1. The van der Waals surface area contributed by atoms with E-state index in [2.05, 4.69) is 15.9 Å². The molecule has 0 unspecified atom stereocenters. The van der Waals surface area contributed by atoms with Crippen LogP contribution in [0.4, 0.5) is 0 Å². The van der Waals surface area contributed by atoms with Crippen molar-refractivity contribution >= 4 is 27.7 Å². The first-order chi connectivity index (χ1) is 7.17. The van der Waals surface area contributed by atoms with Crippen LogP contribution in [0.5, 0.6) is 0 Å². The van der Waals surface area contributed by atoms with Crippen LogP contribution < -0.4 is 0 Å². The topological polar surface area (TPSA) is 43.4 Å². The predicted octanol–water partition coefficient (Wildman–Crippen LogP) is 2.87. The lowest BCUT2D eigenvalue weighted by atomic mass is 9.92. The van der Waals surface area contributed by atoms with E-state index in [-0.39, 0.29) is 28.2 Å². The highest BCUT2D eigenvalue weighted by atomic mass is 79.9. The van der Waals surface area contributed by atoms with Crippen molar-refractivity contribution in [1.29, 1.82) is 0 Å². The SMILES string of the molecule is CC(C)OC(=O)C(=CC(C)(C)C)C(=O)CBr. The maximum Gasteiger partial charge on any atom is 0.341 e. The van der Waals surface area contributed by atoms with Crippen LogP contribution in [0.1, 0.15) is 34.6 Å². The molecule has 0 N–H and O–H groups in total. The van der Waals surface area contributed by atoms with Gasteiger partial charge in [0.2, 0.25) is 0 Å². The van der Waals surface area contributed by atoms with Gasteiger partial charge in [-0.3, -0.25) is 4.79 Å². The minimum absolute atomic E-state index is 0.123. The molecule has 16 heavy (non-hydrogen) atoms. The molecular formula is C12H19BrO3. The van der Waals surface area contributed by atoms with Gasteiger partial charge in [-0.15, -0.1) is 0 Å². The molecule has 0 aliphatic rings. The number of alkyl halides is 1. The number of hydrogen-bond acceptors (Lipinski definition) is 3. The second-order valence-electron chi connectivity index (χ2n) is 4.93. The van der Waals surface area contributed by atoms with Crippen molar-refractivity contribution < 1.29 is 14.3 Å². The zero-order chi connectivity index (χ0) is 12.9. The molecular weight excluding hydrogens is 272 g/mol. The number of carbonyl (C=O) groups excluding carboxylic acids is 2. The molecule has 0 aliphatic carbocycles. The standard InChI is InChI=1S/C12H19BrO3/c1-8(2)16-11(15)9(10(14)7-13)6-12(3,4)5/h6,8H,7H2,1-5H3. The first-order valence-corrected chi connectivity index (χ1v) is 6.32. The van der Waals surface area contributed by atoms with Crippen molar-refractivity contribution in [1.82, 2.24) is 0 Å². The molecule has 0 spiro atoms. The van der Waals surface area contributed by atoms with E-state index in [1.165, 1.54) is 0 Å². The molecule has 3 nitrogen and oxygen atoms in total. The number of rotatable bonds is 4. The molecule has 0 aliphatic heterocycles. The van der Waals surface area contributed by atoms with E-state index >= 15 is 0 Å². The highest BCUT2D eigenvalue weighted by molar-refractivity contribution is 9.09. The largest absolute Gasteiger partial charge is 0.459 e. The normalized spacial score (nSPS) is 12.8. The van der Waals surface area contributed by atoms with E-state index in [9.17, 15) is 9.59 Å². The highest BCUT2D eigenvalue weighted by Crippen LogP contribution is 2.19. The summed E-state index contributed by atoms with van der Waals surface area (Å²) in [6, 6.07) is 0. The summed E-state index contributed by atoms with van der Waals surface area (Å²) in [5, 5.41) is 0.127. The Morgan fingerprint density at radius 2 is 1.81 bits per heavy atom. The van der Waals surface area contributed by atoms with Crippen LogP contribution in [0.3, 0.4) is 0 Å². The van der Waals surface area contributed by atoms with E-state index in [0.29, 0.717) is 0 Å². The second-order valence-corrected chi connectivity index (χ2v) is 5.50. The maximum atomic E-state index is 11.7. The van der Waals surface area contributed by atoms with Crippen molar-refractivity contribution in [2.75, 3.05) is 5.33 Å². The van der Waals surface area contributed by atoms with Gasteiger partial charge in [0.05, 0.1) is 11.4 Å². The molecule has 0 saturated heterocycles. The molecule has 0 amide bonds. The lowest BCUT2D eigenvalue weighted by Crippen LogP contribution is -2.22. The molecule has 0 fully saturated rings. The summed E-state index contributed by atoms with van der Waals surface area (Å²) in [5.41, 5.74) is -0.110. The van der Waals surface area contributed by atoms with Gasteiger partial charge in [-0.1, -0.05) is 42.8 Å². The average Bonchev–Trinajstić information content (AvgIpc) is 2.10. The summed E-state index contributed by atoms with van der Waals surface area (Å²) in [5.74, 6) is -0.796. The Morgan fingerprint density at radius 1 is 1.31 bits per heavy atom. The predicted molar refractivity (Wildman–Crippen MR) is 67.6 cm³/mol. The molecule has 0 bridgehead atoms. The molecule has 0 aromatic rings. The third kappa shape index (κ3) is 6.05. The molecule has 4 heteroatoms. The van der Waals surface area contributed by atoms with Gasteiger partial charge in [-0.05, 0) is 19.3 Å². The Balaban J connectivity index is 5.04. The van der Waals surface area contributed by atoms with E-state index in [1.807, 2.05) is 20.8 Å². The second kappa shape index (κ2) is 6.18. The van der Waals surface area contributed by atoms with Crippen molar-refractivity contribution in [2.24, 2.45) is 5.41 Å². The lowest BCUT2D eigenvalue weighted by molar-refractivity contribution is -0.143. The molecule has 0 aromatic carbocycles. The Kier molecular flexibility index (Phi) is 5.94. The number of ketones is 1. The lowest BCUT2D eigenvalue weighted by Gasteiger charge is -2.16. The van der Waals surface area contributed by atoms with Gasteiger partial charge >= 0.3 is 5.97 Å². The van der Waals surface area contributed by atoms with E-state index in [4.69, 9.17) is 4.74 Å². The smallest absolute Gasteiger partial charge is 0.341 e. The minimum atomic E-state index is -0.547. The fourth-order valence-electron chi connectivity index (χ4n) is 1.04. The van der Waals surface area contributed by atoms with Gasteiger partial charge < -0.3 is 4.74 Å². The number of hydrogen-bond donors (Lipinski definition) is 0. The van der Waals surface area contributed by atoms with Gasteiger partial charge in [0, 0.05) is 0 Å². The Bertz CT molecular complexity index is 298. The van der Waals surface area contributed by atoms with Crippen LogP contribution in [0, 0.1) is 5.41 Å². The zero-order valence-electron chi connectivity index (χ0n) is 10.5. The first-order valence-electron chi connectivity index (χ1n) is 5.20. The molecule has 0 aromatic heterocycles. The van der Waals surface area contributed by atoms with Gasteiger partial charge in [0.15, 0.2) is 5.78 Å². The summed E-state index contributed by atoms with van der Waals surface area (Å²) >= 11 is 3.06. The van der Waals surface area contributed by atoms with Crippen LogP contribution in [-0.4, -0.2) is 23.2 Å². The van der Waals surface area contributed by atoms with E-state index in [1.54, 1.807) is 19.9 Å². The average molecular weight is 291 g/mol.